The first-order valence-corrected chi connectivity index (χ1v) is 6.27. The molecule has 1 aromatic carbocycles. The third-order valence-corrected chi connectivity index (χ3v) is 2.96. The number of hydrogen-bond acceptors (Lipinski definition) is 1. The van der Waals surface area contributed by atoms with Crippen LogP contribution in [-0.2, 0) is 0 Å². The first-order valence-electron chi connectivity index (χ1n) is 5.15. The number of benzene rings is 1. The molecule has 14 heavy (non-hydrogen) atoms. The molecule has 0 heterocycles. The lowest BCUT2D eigenvalue weighted by atomic mass is 10.2. The monoisotopic (exact) mass is 210 g/mol. The van der Waals surface area contributed by atoms with Crippen LogP contribution in [0.15, 0.2) is 24.3 Å². The van der Waals surface area contributed by atoms with Crippen LogP contribution in [-0.4, -0.2) is 6.16 Å². The minimum absolute atomic E-state index is 0.599. The highest BCUT2D eigenvalue weighted by atomic mass is 31.1. The summed E-state index contributed by atoms with van der Waals surface area (Å²) in [5.74, 6) is 1.82. The van der Waals surface area contributed by atoms with Crippen molar-refractivity contribution >= 4 is 8.81 Å². The van der Waals surface area contributed by atoms with E-state index in [2.05, 4.69) is 26.8 Å². The van der Waals surface area contributed by atoms with Crippen LogP contribution >= 0.6 is 8.81 Å². The maximum atomic E-state index is 5.71. The van der Waals surface area contributed by atoms with Crippen LogP contribution in [0.25, 0.3) is 0 Å². The predicted octanol–water partition coefficient (Wildman–Crippen LogP) is 4.01. The van der Waals surface area contributed by atoms with Gasteiger partial charge in [-0.05, 0) is 30.9 Å². The maximum absolute atomic E-state index is 5.71. The second-order valence-corrected chi connectivity index (χ2v) is 4.94. The lowest BCUT2D eigenvalue weighted by molar-refractivity contribution is 0.595. The van der Waals surface area contributed by atoms with Crippen molar-refractivity contribution in [1.29, 1.82) is 0 Å². The van der Waals surface area contributed by atoms with Crippen molar-refractivity contribution in [3.05, 3.63) is 29.8 Å². The zero-order valence-corrected chi connectivity index (χ0v) is 10.2. The normalized spacial score (nSPS) is 11.4. The van der Waals surface area contributed by atoms with Gasteiger partial charge in [0.1, 0.15) is 5.75 Å². The average molecular weight is 210 g/mol. The van der Waals surface area contributed by atoms with Crippen molar-refractivity contribution in [2.75, 3.05) is 6.16 Å². The number of para-hydroxylation sites is 1. The summed E-state index contributed by atoms with van der Waals surface area (Å²) in [6.45, 7) is 6.58. The molecule has 0 saturated heterocycles. The van der Waals surface area contributed by atoms with Crippen molar-refractivity contribution in [2.45, 2.75) is 27.2 Å². The maximum Gasteiger partial charge on any atom is 0.125 e. The van der Waals surface area contributed by atoms with E-state index >= 15 is 0 Å². The highest BCUT2D eigenvalue weighted by molar-refractivity contribution is 7.32. The first-order chi connectivity index (χ1) is 6.70. The van der Waals surface area contributed by atoms with Crippen LogP contribution in [0.5, 0.6) is 5.75 Å². The van der Waals surface area contributed by atoms with Crippen molar-refractivity contribution in [1.82, 2.24) is 0 Å². The Morgan fingerprint density at radius 3 is 2.64 bits per heavy atom. The molecular formula is C12H19OP. The SMILES string of the molecule is Cc1ccccc1OPCCC(C)C. The van der Waals surface area contributed by atoms with Crippen LogP contribution < -0.4 is 4.52 Å². The van der Waals surface area contributed by atoms with Gasteiger partial charge in [-0.25, -0.2) is 0 Å². The molecule has 0 radical (unpaired) electrons. The molecule has 0 aliphatic rings. The van der Waals surface area contributed by atoms with Gasteiger partial charge in [-0.15, -0.1) is 0 Å². The highest BCUT2D eigenvalue weighted by Gasteiger charge is 1.98. The van der Waals surface area contributed by atoms with Crippen molar-refractivity contribution < 1.29 is 4.52 Å². The quantitative estimate of drug-likeness (QED) is 0.527. The summed E-state index contributed by atoms with van der Waals surface area (Å²) in [6.07, 6.45) is 2.43. The minimum atomic E-state index is 0.599. The van der Waals surface area contributed by atoms with Crippen molar-refractivity contribution in [3.63, 3.8) is 0 Å². The molecule has 1 unspecified atom stereocenters. The molecule has 1 atom stereocenters. The minimum Gasteiger partial charge on any atom is -0.477 e. The molecule has 0 amide bonds. The Hall–Kier alpha value is -0.550. The molecule has 0 N–H and O–H groups in total. The van der Waals surface area contributed by atoms with Gasteiger partial charge in [-0.1, -0.05) is 32.0 Å². The van der Waals surface area contributed by atoms with E-state index in [-0.39, 0.29) is 0 Å². The third kappa shape index (κ3) is 4.11. The lowest BCUT2D eigenvalue weighted by Crippen LogP contribution is -1.90. The Bertz CT molecular complexity index is 271. The summed E-state index contributed by atoms with van der Waals surface area (Å²) in [5.41, 5.74) is 1.23. The van der Waals surface area contributed by atoms with Crippen LogP contribution in [0.3, 0.4) is 0 Å². The van der Waals surface area contributed by atoms with Gasteiger partial charge < -0.3 is 4.52 Å². The molecule has 0 bridgehead atoms. The summed E-state index contributed by atoms with van der Waals surface area (Å²) in [4.78, 5) is 0. The predicted molar refractivity (Wildman–Crippen MR) is 64.4 cm³/mol. The van der Waals surface area contributed by atoms with Crippen molar-refractivity contribution in [3.8, 4) is 5.75 Å². The highest BCUT2D eigenvalue weighted by Crippen LogP contribution is 2.25. The smallest absolute Gasteiger partial charge is 0.125 e. The van der Waals surface area contributed by atoms with Gasteiger partial charge in [0.05, 0.1) is 8.81 Å². The van der Waals surface area contributed by atoms with Crippen LogP contribution in [0.4, 0.5) is 0 Å². The van der Waals surface area contributed by atoms with Gasteiger partial charge in [0.15, 0.2) is 0 Å². The van der Waals surface area contributed by atoms with E-state index in [1.54, 1.807) is 0 Å². The van der Waals surface area contributed by atoms with Crippen molar-refractivity contribution in [2.24, 2.45) is 5.92 Å². The van der Waals surface area contributed by atoms with Gasteiger partial charge in [-0.3, -0.25) is 0 Å². The molecule has 1 nitrogen and oxygen atoms in total. The van der Waals surface area contributed by atoms with E-state index in [4.69, 9.17) is 4.52 Å². The zero-order valence-electron chi connectivity index (χ0n) is 9.21. The zero-order chi connectivity index (χ0) is 10.4. The van der Waals surface area contributed by atoms with Gasteiger partial charge >= 0.3 is 0 Å². The molecule has 0 fully saturated rings. The second-order valence-electron chi connectivity index (χ2n) is 3.94. The Morgan fingerprint density at radius 1 is 1.29 bits per heavy atom. The summed E-state index contributed by atoms with van der Waals surface area (Å²) in [7, 11) is 0.599. The van der Waals surface area contributed by atoms with E-state index < -0.39 is 0 Å². The van der Waals surface area contributed by atoms with Crippen LogP contribution in [0, 0.1) is 12.8 Å². The lowest BCUT2D eigenvalue weighted by Gasteiger charge is -2.08. The largest absolute Gasteiger partial charge is 0.477 e. The summed E-state index contributed by atoms with van der Waals surface area (Å²) in [5, 5.41) is 0. The standard InChI is InChI=1S/C12H19OP/c1-10(2)8-9-14-13-12-7-5-4-6-11(12)3/h4-7,10,14H,8-9H2,1-3H3. The molecular weight excluding hydrogens is 191 g/mol. The van der Waals surface area contributed by atoms with Gasteiger partial charge in [0, 0.05) is 6.16 Å². The van der Waals surface area contributed by atoms with Crippen LogP contribution in [0.1, 0.15) is 25.8 Å². The molecule has 0 aliphatic heterocycles. The molecule has 1 rings (SSSR count). The first kappa shape index (κ1) is 11.5. The third-order valence-electron chi connectivity index (χ3n) is 2.10. The van der Waals surface area contributed by atoms with E-state index in [0.717, 1.165) is 11.7 Å². The fourth-order valence-electron chi connectivity index (χ4n) is 1.15. The Balaban J connectivity index is 2.28. The molecule has 0 spiro atoms. The average Bonchev–Trinajstić information content (AvgIpc) is 2.15. The summed E-state index contributed by atoms with van der Waals surface area (Å²) in [6, 6.07) is 8.19. The number of hydrogen-bond donors (Lipinski definition) is 0. The molecule has 0 aromatic heterocycles. The van der Waals surface area contributed by atoms with E-state index in [0.29, 0.717) is 8.81 Å². The fourth-order valence-corrected chi connectivity index (χ4v) is 2.33. The molecule has 1 aromatic rings. The Labute approximate surface area is 88.7 Å². The Morgan fingerprint density at radius 2 is 2.00 bits per heavy atom. The van der Waals surface area contributed by atoms with E-state index in [1.807, 2.05) is 18.2 Å². The summed E-state index contributed by atoms with van der Waals surface area (Å²) < 4.78 is 5.71. The van der Waals surface area contributed by atoms with E-state index in [1.165, 1.54) is 18.1 Å². The summed E-state index contributed by atoms with van der Waals surface area (Å²) >= 11 is 0. The fraction of sp³-hybridized carbons (Fsp3) is 0.500. The molecule has 78 valence electrons. The molecule has 2 heteroatoms. The van der Waals surface area contributed by atoms with Crippen LogP contribution in [0.2, 0.25) is 0 Å². The molecule has 0 saturated carbocycles. The second kappa shape index (κ2) is 6.03. The van der Waals surface area contributed by atoms with Gasteiger partial charge in [0.25, 0.3) is 0 Å². The number of aryl methyl sites for hydroxylation is 1. The Kier molecular flexibility index (Phi) is 4.97. The topological polar surface area (TPSA) is 9.23 Å². The van der Waals surface area contributed by atoms with Gasteiger partial charge in [0.2, 0.25) is 0 Å². The number of rotatable bonds is 5. The van der Waals surface area contributed by atoms with Gasteiger partial charge in [-0.2, -0.15) is 0 Å². The van der Waals surface area contributed by atoms with E-state index in [9.17, 15) is 0 Å². The molecule has 0 aliphatic carbocycles.